The molecule has 1 aromatic heterocycles. The molecule has 1 saturated heterocycles. The van der Waals surface area contributed by atoms with Gasteiger partial charge in [0, 0.05) is 42.0 Å². The number of carbonyl (C=O) groups excluding carboxylic acids is 3. The fourth-order valence-corrected chi connectivity index (χ4v) is 7.18. The quantitative estimate of drug-likeness (QED) is 0.192. The first-order valence-electron chi connectivity index (χ1n) is 16.7. The van der Waals surface area contributed by atoms with Gasteiger partial charge in [-0.3, -0.25) is 4.79 Å². The minimum atomic E-state index is -1.20. The zero-order valence-electron chi connectivity index (χ0n) is 28.0. The molecular weight excluding hydrogens is 610 g/mol. The molecule has 0 bridgehead atoms. The van der Waals surface area contributed by atoms with Crippen molar-refractivity contribution in [3.05, 3.63) is 67.3 Å². The summed E-state index contributed by atoms with van der Waals surface area (Å²) in [5.41, 5.74) is 6.77. The summed E-state index contributed by atoms with van der Waals surface area (Å²) in [5, 5.41) is 6.89. The second-order valence-electron chi connectivity index (χ2n) is 13.5. The Kier molecular flexibility index (Phi) is 9.08. The van der Waals surface area contributed by atoms with Gasteiger partial charge in [0.25, 0.3) is 0 Å². The van der Waals surface area contributed by atoms with Crippen molar-refractivity contribution < 1.29 is 28.6 Å². The monoisotopic (exact) mass is 655 g/mol. The first-order chi connectivity index (χ1) is 23.1. The van der Waals surface area contributed by atoms with E-state index in [0.29, 0.717) is 41.6 Å². The molecule has 11 nitrogen and oxygen atoms in total. The number of esters is 1. The van der Waals surface area contributed by atoms with Crippen LogP contribution in [-0.4, -0.2) is 77.8 Å². The number of amides is 3. The van der Waals surface area contributed by atoms with Gasteiger partial charge in [-0.05, 0) is 43.7 Å². The smallest absolute Gasteiger partial charge is 0.332 e. The number of fused-ring (bicyclic) bond motifs is 1. The van der Waals surface area contributed by atoms with E-state index in [2.05, 4.69) is 31.1 Å². The van der Waals surface area contributed by atoms with Gasteiger partial charge >= 0.3 is 12.0 Å². The molecule has 0 radical (unpaired) electrons. The van der Waals surface area contributed by atoms with Gasteiger partial charge in [0.15, 0.2) is 0 Å². The van der Waals surface area contributed by atoms with E-state index < -0.39 is 35.1 Å². The number of methoxy groups -OCH3 is 1. The Morgan fingerprint density at radius 1 is 1.12 bits per heavy atom. The van der Waals surface area contributed by atoms with Gasteiger partial charge in [-0.25, -0.2) is 14.6 Å². The molecule has 48 heavy (non-hydrogen) atoms. The molecule has 2 saturated carbocycles. The molecule has 3 fully saturated rings. The predicted octanol–water partition coefficient (Wildman–Crippen LogP) is 4.44. The molecule has 2 unspecified atom stereocenters. The van der Waals surface area contributed by atoms with Gasteiger partial charge in [0.05, 0.1) is 37.0 Å². The molecule has 2 heterocycles. The van der Waals surface area contributed by atoms with E-state index in [1.807, 2.05) is 54.6 Å². The number of benzene rings is 2. The van der Waals surface area contributed by atoms with Crippen LogP contribution in [0.3, 0.4) is 0 Å². The number of hydrogen-bond acceptors (Lipinski definition) is 8. The lowest BCUT2D eigenvalue weighted by molar-refractivity contribution is -0.149. The molecule has 0 spiro atoms. The lowest BCUT2D eigenvalue weighted by Gasteiger charge is -2.29. The number of pyridine rings is 1. The number of rotatable bonds is 12. The Balaban J connectivity index is 1.31. The molecule has 6 atom stereocenters. The molecule has 2 aromatic carbocycles. The number of carbonyl (C=O) groups is 3. The molecule has 4 N–H and O–H groups in total. The van der Waals surface area contributed by atoms with Crippen LogP contribution in [0.4, 0.5) is 4.79 Å². The maximum Gasteiger partial charge on any atom is 0.332 e. The fraction of sp³-hybridized carbons (Fsp3) is 0.459. The van der Waals surface area contributed by atoms with Gasteiger partial charge in [-0.2, -0.15) is 0 Å². The number of urea groups is 1. The molecule has 6 rings (SSSR count). The molecule has 1 aliphatic heterocycles. The van der Waals surface area contributed by atoms with Crippen LogP contribution < -0.4 is 25.8 Å². The van der Waals surface area contributed by atoms with E-state index in [1.165, 1.54) is 4.90 Å². The first kappa shape index (κ1) is 33.3. The normalized spacial score (nSPS) is 27.3. The van der Waals surface area contributed by atoms with Crippen LogP contribution in [0.25, 0.3) is 22.2 Å². The molecule has 3 amide bonds. The van der Waals surface area contributed by atoms with Crippen LogP contribution >= 0.6 is 0 Å². The third-order valence-corrected chi connectivity index (χ3v) is 10.1. The summed E-state index contributed by atoms with van der Waals surface area (Å²) in [6.45, 7) is 10.4. The molecule has 11 heteroatoms. The average molecular weight is 656 g/mol. The maximum absolute atomic E-state index is 14.1. The van der Waals surface area contributed by atoms with E-state index in [4.69, 9.17) is 24.9 Å². The number of nitrogens with zero attached hydrogens (tertiary/aromatic N) is 2. The van der Waals surface area contributed by atoms with Crippen molar-refractivity contribution in [2.75, 3.05) is 26.8 Å². The number of nitrogens with one attached hydrogen (secondary N) is 2. The summed E-state index contributed by atoms with van der Waals surface area (Å²) >= 11 is 0. The van der Waals surface area contributed by atoms with E-state index >= 15 is 0 Å². The Hall–Kier alpha value is -4.64. The first-order valence-corrected chi connectivity index (χ1v) is 16.7. The van der Waals surface area contributed by atoms with Crippen molar-refractivity contribution in [3.63, 3.8) is 0 Å². The van der Waals surface area contributed by atoms with Crippen molar-refractivity contribution in [1.29, 1.82) is 0 Å². The minimum Gasteiger partial charge on any atom is -0.497 e. The van der Waals surface area contributed by atoms with Crippen molar-refractivity contribution in [3.8, 4) is 22.8 Å². The highest BCUT2D eigenvalue weighted by Crippen LogP contribution is 2.48. The second-order valence-corrected chi connectivity index (χ2v) is 13.5. The van der Waals surface area contributed by atoms with Crippen molar-refractivity contribution in [2.45, 2.75) is 63.3 Å². The Morgan fingerprint density at radius 2 is 1.90 bits per heavy atom. The SMILES string of the molecule is C=C[C@@H]1C[C@]1(NC(=O)C1C[C@@H](Oc2cc(-c3ccccc3)nc3cc(OC)ccc23)CN1C(=O)NC1(CN)C[C@H]1C(C)C)C(=O)OCC. The highest BCUT2D eigenvalue weighted by atomic mass is 16.5. The number of nitrogens with two attached hydrogens (primary N) is 1. The number of hydrogen-bond donors (Lipinski definition) is 3. The fourth-order valence-electron chi connectivity index (χ4n) is 7.18. The highest BCUT2D eigenvalue weighted by Gasteiger charge is 2.62. The maximum atomic E-state index is 14.1. The average Bonchev–Trinajstić information content (AvgIpc) is 3.96. The molecule has 2 aliphatic carbocycles. The standard InChI is InChI=1S/C37H45N5O6/c1-6-24-18-37(24,34(44)47-7-2)40-33(43)31-16-26(20-42(31)35(45)41-36(21-38)19-28(36)22(3)4)48-32-17-29(23-11-9-8-10-12-23)39-30-15-25(46-5)13-14-27(30)32/h6,8-15,17,22,24,26,28,31H,1,7,16,18-21,38H2,2-5H3,(H,40,43)(H,41,45)/t24-,26-,28+,31?,36?,37-/m1/s1. The lowest BCUT2D eigenvalue weighted by Crippen LogP contribution is -2.57. The van der Waals surface area contributed by atoms with Crippen LogP contribution in [0, 0.1) is 17.8 Å². The molecular formula is C37H45N5O6. The molecule has 3 aliphatic rings. The lowest BCUT2D eigenvalue weighted by atomic mass is 10.0. The summed E-state index contributed by atoms with van der Waals surface area (Å²) < 4.78 is 17.5. The van der Waals surface area contributed by atoms with E-state index in [-0.39, 0.29) is 37.4 Å². The Labute approximate surface area is 281 Å². The summed E-state index contributed by atoms with van der Waals surface area (Å²) in [5.74, 6) is 0.621. The summed E-state index contributed by atoms with van der Waals surface area (Å²) in [4.78, 5) is 47.4. The minimum absolute atomic E-state index is 0.148. The van der Waals surface area contributed by atoms with Crippen molar-refractivity contribution in [1.82, 2.24) is 20.5 Å². The van der Waals surface area contributed by atoms with E-state index in [9.17, 15) is 14.4 Å². The second kappa shape index (κ2) is 13.1. The van der Waals surface area contributed by atoms with Crippen LogP contribution in [-0.2, 0) is 14.3 Å². The van der Waals surface area contributed by atoms with Gasteiger partial charge in [0.1, 0.15) is 29.2 Å². The topological polar surface area (TPSA) is 145 Å². The Morgan fingerprint density at radius 3 is 2.52 bits per heavy atom. The van der Waals surface area contributed by atoms with E-state index in [1.54, 1.807) is 20.1 Å². The Bertz CT molecular complexity index is 1720. The van der Waals surface area contributed by atoms with Gasteiger partial charge in [-0.15, -0.1) is 6.58 Å². The third kappa shape index (κ3) is 6.19. The summed E-state index contributed by atoms with van der Waals surface area (Å²) in [6.07, 6.45) is 2.49. The van der Waals surface area contributed by atoms with Crippen molar-refractivity contribution >= 4 is 28.8 Å². The van der Waals surface area contributed by atoms with Gasteiger partial charge < -0.3 is 35.5 Å². The van der Waals surface area contributed by atoms with Crippen molar-refractivity contribution in [2.24, 2.45) is 23.5 Å². The van der Waals surface area contributed by atoms with Gasteiger partial charge in [0.2, 0.25) is 5.91 Å². The van der Waals surface area contributed by atoms with Crippen LogP contribution in [0.15, 0.2) is 67.3 Å². The third-order valence-electron chi connectivity index (χ3n) is 10.1. The number of aromatic nitrogens is 1. The van der Waals surface area contributed by atoms with Gasteiger partial charge in [-0.1, -0.05) is 50.3 Å². The molecule has 3 aromatic rings. The van der Waals surface area contributed by atoms with E-state index in [0.717, 1.165) is 17.4 Å². The zero-order valence-corrected chi connectivity index (χ0v) is 28.0. The summed E-state index contributed by atoms with van der Waals surface area (Å²) in [6, 6.07) is 16.0. The van der Waals surface area contributed by atoms with Crippen LogP contribution in [0.5, 0.6) is 11.5 Å². The van der Waals surface area contributed by atoms with Crippen LogP contribution in [0.1, 0.15) is 40.0 Å². The highest BCUT2D eigenvalue weighted by molar-refractivity contribution is 5.95. The zero-order chi connectivity index (χ0) is 34.2. The largest absolute Gasteiger partial charge is 0.497 e. The summed E-state index contributed by atoms with van der Waals surface area (Å²) in [7, 11) is 1.60. The number of ether oxygens (including phenoxy) is 3. The number of likely N-dealkylation sites (tertiary alicyclic amines) is 1. The predicted molar refractivity (Wildman–Crippen MR) is 182 cm³/mol. The van der Waals surface area contributed by atoms with Crippen LogP contribution in [0.2, 0.25) is 0 Å². The molecule has 254 valence electrons.